The van der Waals surface area contributed by atoms with Crippen LogP contribution in [0, 0.1) is 0 Å². The third kappa shape index (κ3) is 60.9. The number of hydrogen-bond acceptors (Lipinski definition) is 5. The normalized spacial score (nSPS) is 12.9. The number of ether oxygens (including phenoxy) is 1. The van der Waals surface area contributed by atoms with Crippen LogP contribution in [0.5, 0.6) is 0 Å². The zero-order valence-corrected chi connectivity index (χ0v) is 50.3. The number of esters is 1. The van der Waals surface area contributed by atoms with Crippen LogP contribution < -0.4 is 5.32 Å². The van der Waals surface area contributed by atoms with Gasteiger partial charge in [-0.15, -0.1) is 0 Å². The number of nitrogens with one attached hydrogen (secondary N) is 1. The van der Waals surface area contributed by atoms with Crippen LogP contribution >= 0.6 is 0 Å². The molecule has 0 spiro atoms. The van der Waals surface area contributed by atoms with Gasteiger partial charge in [0.2, 0.25) is 5.91 Å². The van der Waals surface area contributed by atoms with Gasteiger partial charge in [-0.1, -0.05) is 300 Å². The smallest absolute Gasteiger partial charge is 0.305 e. The Hall–Kier alpha value is -2.18. The Kier molecular flexibility index (Phi) is 62.5. The highest BCUT2D eigenvalue weighted by Gasteiger charge is 2.18. The molecule has 0 aliphatic rings. The minimum absolute atomic E-state index is 0.00280. The van der Waals surface area contributed by atoms with E-state index in [1.165, 1.54) is 276 Å². The van der Waals surface area contributed by atoms with Crippen LogP contribution in [0.15, 0.2) is 48.6 Å². The molecule has 0 saturated carbocycles. The predicted molar refractivity (Wildman–Crippen MR) is 329 cm³/mol. The molecule has 0 aromatic rings. The molecule has 0 bridgehead atoms. The van der Waals surface area contributed by atoms with E-state index in [1.54, 1.807) is 6.08 Å². The molecule has 0 saturated heterocycles. The van der Waals surface area contributed by atoms with Gasteiger partial charge in [0.05, 0.1) is 25.4 Å². The summed E-state index contributed by atoms with van der Waals surface area (Å²) in [5, 5.41) is 23.1. The Morgan fingerprint density at radius 2 is 0.667 bits per heavy atom. The number of amides is 1. The number of hydrogen-bond donors (Lipinski definition) is 3. The number of allylic oxidation sites excluding steroid dienone is 7. The first-order valence-corrected chi connectivity index (χ1v) is 33.4. The molecule has 6 heteroatoms. The second-order valence-electron chi connectivity index (χ2n) is 22.8. The Labute approximate surface area is 467 Å². The zero-order chi connectivity index (χ0) is 54.3. The molecule has 2 atom stereocenters. The summed E-state index contributed by atoms with van der Waals surface area (Å²) in [5.41, 5.74) is 0. The Balaban J connectivity index is 3.44. The topological polar surface area (TPSA) is 95.9 Å². The predicted octanol–water partition coefficient (Wildman–Crippen LogP) is 21.3. The SMILES string of the molecule is CCCCCCCCC/C=C\CCCCCCCC(=O)OCCCCCCCCCCC/C=C\C/C=C\CCCCCCCCCCCCCC(=O)NC(CO)C(O)/C=C/CCCCCCCCCCCCCCC. The summed E-state index contributed by atoms with van der Waals surface area (Å²) in [6.45, 7) is 4.91. The third-order valence-corrected chi connectivity index (χ3v) is 15.3. The Morgan fingerprint density at radius 3 is 1.03 bits per heavy atom. The van der Waals surface area contributed by atoms with Crippen LogP contribution in [-0.4, -0.2) is 47.4 Å². The molecule has 0 aliphatic carbocycles. The number of carbonyl (C=O) groups excluding carboxylic acids is 2. The Morgan fingerprint density at radius 1 is 0.373 bits per heavy atom. The summed E-state index contributed by atoms with van der Waals surface area (Å²) >= 11 is 0. The molecule has 1 amide bonds. The molecule has 3 N–H and O–H groups in total. The lowest BCUT2D eigenvalue weighted by Gasteiger charge is -2.20. The van der Waals surface area contributed by atoms with Gasteiger partial charge in [-0.2, -0.15) is 0 Å². The molecule has 440 valence electrons. The average molecular weight is 1050 g/mol. The van der Waals surface area contributed by atoms with Gasteiger partial charge in [-0.25, -0.2) is 0 Å². The van der Waals surface area contributed by atoms with Crippen LogP contribution in [0.2, 0.25) is 0 Å². The van der Waals surface area contributed by atoms with Crippen molar-refractivity contribution in [2.24, 2.45) is 0 Å². The summed E-state index contributed by atoms with van der Waals surface area (Å²) < 4.78 is 5.49. The van der Waals surface area contributed by atoms with Crippen LogP contribution in [-0.2, 0) is 14.3 Å². The second-order valence-corrected chi connectivity index (χ2v) is 22.8. The quantitative estimate of drug-likeness (QED) is 0.0320. The van der Waals surface area contributed by atoms with Crippen molar-refractivity contribution in [1.29, 1.82) is 0 Å². The molecule has 0 heterocycles. The summed E-state index contributed by atoms with van der Waals surface area (Å²) in [6, 6.07) is -0.631. The maximum Gasteiger partial charge on any atom is 0.305 e. The fraction of sp³-hybridized carbons (Fsp3) is 0.855. The van der Waals surface area contributed by atoms with Gasteiger partial charge in [-0.05, 0) is 89.9 Å². The second kappa shape index (κ2) is 64.3. The van der Waals surface area contributed by atoms with Crippen LogP contribution in [0.25, 0.3) is 0 Å². The van der Waals surface area contributed by atoms with Crippen LogP contribution in [0.4, 0.5) is 0 Å². The number of aliphatic hydroxyl groups excluding tert-OH is 2. The van der Waals surface area contributed by atoms with Gasteiger partial charge in [-0.3, -0.25) is 9.59 Å². The molecule has 0 rings (SSSR count). The highest BCUT2D eigenvalue weighted by molar-refractivity contribution is 5.76. The van der Waals surface area contributed by atoms with Gasteiger partial charge in [0.15, 0.2) is 0 Å². The maximum absolute atomic E-state index is 12.5. The largest absolute Gasteiger partial charge is 0.466 e. The summed E-state index contributed by atoms with van der Waals surface area (Å²) in [5.74, 6) is -0.0673. The highest BCUT2D eigenvalue weighted by atomic mass is 16.5. The molecule has 0 aromatic carbocycles. The summed E-state index contributed by atoms with van der Waals surface area (Å²) in [4.78, 5) is 24.5. The van der Waals surface area contributed by atoms with Crippen LogP contribution in [0.1, 0.15) is 354 Å². The zero-order valence-electron chi connectivity index (χ0n) is 50.3. The van der Waals surface area contributed by atoms with Crippen molar-refractivity contribution in [1.82, 2.24) is 5.32 Å². The van der Waals surface area contributed by atoms with E-state index in [-0.39, 0.29) is 18.5 Å². The minimum atomic E-state index is -0.847. The van der Waals surface area contributed by atoms with Crippen molar-refractivity contribution in [3.8, 4) is 0 Å². The average Bonchev–Trinajstić information content (AvgIpc) is 3.41. The Bertz CT molecular complexity index is 1260. The van der Waals surface area contributed by atoms with Gasteiger partial charge in [0.1, 0.15) is 0 Å². The highest BCUT2D eigenvalue weighted by Crippen LogP contribution is 2.17. The van der Waals surface area contributed by atoms with Crippen LogP contribution in [0.3, 0.4) is 0 Å². The molecule has 0 fully saturated rings. The fourth-order valence-electron chi connectivity index (χ4n) is 10.2. The van der Waals surface area contributed by atoms with Gasteiger partial charge in [0.25, 0.3) is 0 Å². The number of aliphatic hydroxyl groups is 2. The lowest BCUT2D eigenvalue weighted by atomic mass is 10.0. The molecule has 2 unspecified atom stereocenters. The molecule has 0 radical (unpaired) electrons. The van der Waals surface area contributed by atoms with Crippen molar-refractivity contribution in [2.75, 3.05) is 13.2 Å². The lowest BCUT2D eigenvalue weighted by Crippen LogP contribution is -2.45. The maximum atomic E-state index is 12.5. The third-order valence-electron chi connectivity index (χ3n) is 15.3. The summed E-state index contributed by atoms with van der Waals surface area (Å²) in [7, 11) is 0. The number of unbranched alkanes of at least 4 members (excludes halogenated alkanes) is 45. The first-order valence-electron chi connectivity index (χ1n) is 33.4. The van der Waals surface area contributed by atoms with Crippen molar-refractivity contribution in [3.05, 3.63) is 48.6 Å². The molecule has 0 aromatic heterocycles. The summed E-state index contributed by atoms with van der Waals surface area (Å²) in [6.07, 6.45) is 83.1. The molecular formula is C69H129NO5. The van der Waals surface area contributed by atoms with E-state index in [2.05, 4.69) is 55.6 Å². The van der Waals surface area contributed by atoms with Crippen molar-refractivity contribution in [2.45, 2.75) is 366 Å². The van der Waals surface area contributed by atoms with Crippen molar-refractivity contribution >= 4 is 11.9 Å². The van der Waals surface area contributed by atoms with E-state index >= 15 is 0 Å². The molecule has 0 aliphatic heterocycles. The molecule has 6 nitrogen and oxygen atoms in total. The van der Waals surface area contributed by atoms with E-state index in [0.717, 1.165) is 51.4 Å². The lowest BCUT2D eigenvalue weighted by molar-refractivity contribution is -0.143. The van der Waals surface area contributed by atoms with E-state index in [1.807, 2.05) is 6.08 Å². The monoisotopic (exact) mass is 1050 g/mol. The van der Waals surface area contributed by atoms with E-state index in [9.17, 15) is 19.8 Å². The number of rotatable bonds is 62. The first kappa shape index (κ1) is 72.8. The van der Waals surface area contributed by atoms with Crippen molar-refractivity contribution in [3.63, 3.8) is 0 Å². The minimum Gasteiger partial charge on any atom is -0.466 e. The molecular weight excluding hydrogens is 923 g/mol. The number of carbonyl (C=O) groups is 2. The van der Waals surface area contributed by atoms with Crippen molar-refractivity contribution < 1.29 is 24.5 Å². The molecule has 75 heavy (non-hydrogen) atoms. The standard InChI is InChI=1S/C69H129NO5/c1-3-5-7-9-11-13-15-17-19-35-39-43-47-51-55-59-63-69(74)75-64-60-56-52-48-44-40-36-32-30-28-26-24-22-20-21-23-25-27-29-31-34-38-42-46-50-54-58-62-68(73)70-66(65-71)67(72)61-57-53-49-45-41-37-33-18-16-14-12-10-8-6-4-2/h19-21,24,26,35,57,61,66-67,71-72H,3-18,22-23,25,27-34,36-56,58-60,62-65H2,1-2H3,(H,70,73)/b21-20-,26-24-,35-19-,61-57+. The first-order chi connectivity index (χ1) is 37.0. The fourth-order valence-corrected chi connectivity index (χ4v) is 10.2. The van der Waals surface area contributed by atoms with Gasteiger partial charge in [0, 0.05) is 12.8 Å². The van der Waals surface area contributed by atoms with E-state index < -0.39 is 12.1 Å². The van der Waals surface area contributed by atoms with E-state index in [4.69, 9.17) is 4.74 Å². The van der Waals surface area contributed by atoms with Gasteiger partial charge >= 0.3 is 5.97 Å². The van der Waals surface area contributed by atoms with E-state index in [0.29, 0.717) is 19.4 Å². The van der Waals surface area contributed by atoms with Gasteiger partial charge < -0.3 is 20.3 Å².